The number of halogens is 1. The van der Waals surface area contributed by atoms with Crippen molar-refractivity contribution in [1.29, 1.82) is 0 Å². The number of aromatic nitrogens is 2. The molecular weight excluding hydrogens is 598 g/mol. The van der Waals surface area contributed by atoms with Gasteiger partial charge < -0.3 is 25.7 Å². The topological polar surface area (TPSA) is 111 Å². The molecule has 2 heterocycles. The second kappa shape index (κ2) is 14.5. The molecule has 6 rings (SSSR count). The maximum atomic E-state index is 13.4. The van der Waals surface area contributed by atoms with Crippen molar-refractivity contribution in [2.24, 2.45) is 5.73 Å². The normalized spacial score (nSPS) is 14.6. The first-order valence-electron chi connectivity index (χ1n) is 15.4. The van der Waals surface area contributed by atoms with Gasteiger partial charge in [-0.1, -0.05) is 90.5 Å². The third-order valence-corrected chi connectivity index (χ3v) is 8.53. The quantitative estimate of drug-likeness (QED) is 0.165. The van der Waals surface area contributed by atoms with Gasteiger partial charge >= 0.3 is 0 Å². The Hall–Kier alpha value is -4.92. The summed E-state index contributed by atoms with van der Waals surface area (Å²) in [4.78, 5) is 30.1. The Balaban J connectivity index is 1.10. The van der Waals surface area contributed by atoms with Crippen LogP contribution >= 0.6 is 11.6 Å². The average molecular weight is 634 g/mol. The van der Waals surface area contributed by atoms with Crippen LogP contribution in [0.25, 0.3) is 0 Å². The standard InChI is InChI=1S/C37H36ClN5O3/c38-29-15-13-27(14-16-29)20-34(36(39)44)42-37(45)32-8-4-7-31-33(17-18-46-35(31)32)41-22-30-21-40-24-43(30)23-28-11-9-26(10-12-28)19-25-5-2-1-3-6-25/h1-16,21,24,33-34,41H,17-20,22-23H2,(H2,39,44)(H,42,45)/t33?,34-/m0/s1. The third-order valence-electron chi connectivity index (χ3n) is 8.28. The van der Waals surface area contributed by atoms with Crippen LogP contribution in [0.4, 0.5) is 0 Å². The molecule has 4 N–H and O–H groups in total. The predicted molar refractivity (Wildman–Crippen MR) is 179 cm³/mol. The van der Waals surface area contributed by atoms with E-state index in [9.17, 15) is 9.59 Å². The molecule has 5 aromatic rings. The first-order chi connectivity index (χ1) is 22.4. The minimum atomic E-state index is -0.887. The van der Waals surface area contributed by atoms with Gasteiger partial charge in [0.25, 0.3) is 5.91 Å². The van der Waals surface area contributed by atoms with Crippen LogP contribution in [0.15, 0.2) is 110 Å². The average Bonchev–Trinajstić information content (AvgIpc) is 3.52. The van der Waals surface area contributed by atoms with Crippen molar-refractivity contribution in [1.82, 2.24) is 20.2 Å². The largest absolute Gasteiger partial charge is 0.492 e. The molecule has 234 valence electrons. The summed E-state index contributed by atoms with van der Waals surface area (Å²) in [5.41, 5.74) is 12.6. The van der Waals surface area contributed by atoms with E-state index in [0.717, 1.165) is 29.7 Å². The van der Waals surface area contributed by atoms with Gasteiger partial charge in [-0.15, -0.1) is 0 Å². The van der Waals surface area contributed by atoms with Crippen molar-refractivity contribution >= 4 is 23.4 Å². The summed E-state index contributed by atoms with van der Waals surface area (Å²) in [7, 11) is 0. The van der Waals surface area contributed by atoms with E-state index in [1.165, 1.54) is 16.7 Å². The zero-order valence-corrected chi connectivity index (χ0v) is 26.1. The number of nitrogens with zero attached hydrogens (tertiary/aromatic N) is 2. The van der Waals surface area contributed by atoms with Crippen molar-refractivity contribution in [3.8, 4) is 5.75 Å². The summed E-state index contributed by atoms with van der Waals surface area (Å²) in [6, 6.07) is 30.9. The maximum absolute atomic E-state index is 13.4. The molecule has 0 saturated heterocycles. The van der Waals surface area contributed by atoms with Gasteiger partial charge in [-0.2, -0.15) is 0 Å². The first-order valence-corrected chi connectivity index (χ1v) is 15.7. The number of carbonyl (C=O) groups is 2. The molecular formula is C37H36ClN5O3. The van der Waals surface area contributed by atoms with Gasteiger partial charge in [0.1, 0.15) is 11.8 Å². The van der Waals surface area contributed by atoms with Crippen LogP contribution < -0.4 is 21.1 Å². The first kappa shape index (κ1) is 31.1. The molecule has 1 aliphatic rings. The summed E-state index contributed by atoms with van der Waals surface area (Å²) in [5, 5.41) is 7.04. The summed E-state index contributed by atoms with van der Waals surface area (Å²) in [6.07, 6.45) is 5.64. The van der Waals surface area contributed by atoms with Crippen molar-refractivity contribution in [3.05, 3.63) is 154 Å². The van der Waals surface area contributed by atoms with Crippen molar-refractivity contribution in [2.45, 2.75) is 44.4 Å². The van der Waals surface area contributed by atoms with E-state index in [0.29, 0.717) is 36.0 Å². The lowest BCUT2D eigenvalue weighted by Crippen LogP contribution is -2.46. The third kappa shape index (κ3) is 7.65. The second-order valence-corrected chi connectivity index (χ2v) is 12.0. The van der Waals surface area contributed by atoms with E-state index in [2.05, 4.69) is 68.7 Å². The number of benzene rings is 4. The van der Waals surface area contributed by atoms with Crippen molar-refractivity contribution in [3.63, 3.8) is 0 Å². The zero-order chi connectivity index (χ0) is 31.9. The molecule has 0 bridgehead atoms. The molecule has 1 unspecified atom stereocenters. The van der Waals surface area contributed by atoms with E-state index in [1.54, 1.807) is 18.2 Å². The van der Waals surface area contributed by atoms with Gasteiger partial charge in [-0.3, -0.25) is 9.59 Å². The van der Waals surface area contributed by atoms with Gasteiger partial charge in [-0.25, -0.2) is 4.98 Å². The predicted octanol–water partition coefficient (Wildman–Crippen LogP) is 5.62. The molecule has 2 atom stereocenters. The molecule has 0 aliphatic carbocycles. The number of hydrogen-bond donors (Lipinski definition) is 3. The van der Waals surface area contributed by atoms with Crippen LogP contribution in [0.5, 0.6) is 5.75 Å². The Morgan fingerprint density at radius 2 is 1.63 bits per heavy atom. The number of ether oxygens (including phenoxy) is 1. The van der Waals surface area contributed by atoms with E-state index >= 15 is 0 Å². The Kier molecular flexibility index (Phi) is 9.76. The maximum Gasteiger partial charge on any atom is 0.255 e. The highest BCUT2D eigenvalue weighted by Gasteiger charge is 2.28. The van der Waals surface area contributed by atoms with Gasteiger partial charge in [0.2, 0.25) is 5.91 Å². The van der Waals surface area contributed by atoms with Gasteiger partial charge in [0, 0.05) is 48.8 Å². The van der Waals surface area contributed by atoms with Gasteiger partial charge in [0.15, 0.2) is 0 Å². The Morgan fingerprint density at radius 1 is 0.913 bits per heavy atom. The lowest BCUT2D eigenvalue weighted by molar-refractivity contribution is -0.119. The minimum Gasteiger partial charge on any atom is -0.492 e. The zero-order valence-electron chi connectivity index (χ0n) is 25.4. The molecule has 46 heavy (non-hydrogen) atoms. The van der Waals surface area contributed by atoms with Crippen LogP contribution in [0.3, 0.4) is 0 Å². The number of primary amides is 1. The van der Waals surface area contributed by atoms with E-state index in [4.69, 9.17) is 22.1 Å². The van der Waals surface area contributed by atoms with Crippen molar-refractivity contribution in [2.75, 3.05) is 6.61 Å². The smallest absolute Gasteiger partial charge is 0.255 e. The number of para-hydroxylation sites is 1. The van der Waals surface area contributed by atoms with Crippen LogP contribution in [0, 0.1) is 0 Å². The number of imidazole rings is 1. The molecule has 0 saturated carbocycles. The molecule has 9 heteroatoms. The molecule has 0 radical (unpaired) electrons. The SMILES string of the molecule is NC(=O)[C@H](Cc1ccc(Cl)cc1)NC(=O)c1cccc2c1OCCC2NCc1cncn1Cc1ccc(Cc2ccccc2)cc1. The van der Waals surface area contributed by atoms with Gasteiger partial charge in [0.05, 0.1) is 24.2 Å². The molecule has 1 aromatic heterocycles. The van der Waals surface area contributed by atoms with Gasteiger partial charge in [-0.05, 0) is 46.9 Å². The Bertz CT molecular complexity index is 1790. The molecule has 1 aliphatic heterocycles. The lowest BCUT2D eigenvalue weighted by atomic mass is 9.96. The monoisotopic (exact) mass is 633 g/mol. The summed E-state index contributed by atoms with van der Waals surface area (Å²) >= 11 is 5.99. The molecule has 4 aromatic carbocycles. The minimum absolute atomic E-state index is 0.0295. The van der Waals surface area contributed by atoms with Crippen LogP contribution in [-0.4, -0.2) is 34.0 Å². The second-order valence-electron chi connectivity index (χ2n) is 11.5. The number of nitrogens with one attached hydrogen (secondary N) is 2. The van der Waals surface area contributed by atoms with E-state index < -0.39 is 17.9 Å². The van der Waals surface area contributed by atoms with E-state index in [-0.39, 0.29) is 12.5 Å². The summed E-state index contributed by atoms with van der Waals surface area (Å²) in [5.74, 6) is -0.515. The Labute approximate surface area is 273 Å². The molecule has 2 amide bonds. The lowest BCUT2D eigenvalue weighted by Gasteiger charge is -2.28. The van der Waals surface area contributed by atoms with Crippen LogP contribution in [0.1, 0.15) is 56.3 Å². The number of nitrogens with two attached hydrogens (primary N) is 1. The molecule has 0 fully saturated rings. The number of fused-ring (bicyclic) bond motifs is 1. The fourth-order valence-electron chi connectivity index (χ4n) is 5.79. The highest BCUT2D eigenvalue weighted by molar-refractivity contribution is 6.30. The fraction of sp³-hybridized carbons (Fsp3) is 0.216. The molecule has 0 spiro atoms. The number of amides is 2. The Morgan fingerprint density at radius 3 is 2.39 bits per heavy atom. The number of hydrogen-bond acceptors (Lipinski definition) is 5. The number of carbonyl (C=O) groups excluding carboxylic acids is 2. The molecule has 8 nitrogen and oxygen atoms in total. The summed E-state index contributed by atoms with van der Waals surface area (Å²) in [6.45, 7) is 1.76. The van der Waals surface area contributed by atoms with Crippen LogP contribution in [-0.2, 0) is 30.7 Å². The number of rotatable bonds is 12. The highest BCUT2D eigenvalue weighted by atomic mass is 35.5. The summed E-state index contributed by atoms with van der Waals surface area (Å²) < 4.78 is 8.16. The van der Waals surface area contributed by atoms with Crippen molar-refractivity contribution < 1.29 is 14.3 Å². The highest BCUT2D eigenvalue weighted by Crippen LogP contribution is 2.35. The van der Waals surface area contributed by atoms with Crippen LogP contribution in [0.2, 0.25) is 5.02 Å². The van der Waals surface area contributed by atoms with E-state index in [1.807, 2.05) is 42.9 Å². The fourth-order valence-corrected chi connectivity index (χ4v) is 5.91.